The molecule has 0 aliphatic rings. The van der Waals surface area contributed by atoms with E-state index in [-0.39, 0.29) is 30.3 Å². The molecule has 0 aliphatic heterocycles. The van der Waals surface area contributed by atoms with Crippen molar-refractivity contribution >= 4 is 21.6 Å². The smallest absolute Gasteiger partial charge is 0.235 e. The third-order valence-corrected chi connectivity index (χ3v) is 4.17. The Labute approximate surface area is 141 Å². The average molecular weight is 407 g/mol. The summed E-state index contributed by atoms with van der Waals surface area (Å²) in [7, 11) is 0. The number of hydrogen-bond donors (Lipinski definition) is 0. The zero-order chi connectivity index (χ0) is 13.7. The van der Waals surface area contributed by atoms with E-state index in [0.29, 0.717) is 13.2 Å². The Morgan fingerprint density at radius 2 is 1.80 bits per heavy atom. The van der Waals surface area contributed by atoms with Crippen molar-refractivity contribution in [3.63, 3.8) is 0 Å². The summed E-state index contributed by atoms with van der Waals surface area (Å²) >= 11 is 1.84. The fourth-order valence-electron chi connectivity index (χ4n) is 2.25. The van der Waals surface area contributed by atoms with Crippen molar-refractivity contribution in [1.29, 1.82) is 0 Å². The van der Waals surface area contributed by atoms with Gasteiger partial charge in [0, 0.05) is 26.2 Å². The quantitative estimate of drug-likeness (QED) is 0.374. The predicted octanol–water partition coefficient (Wildman–Crippen LogP) is 0.290. The summed E-state index contributed by atoms with van der Waals surface area (Å²) in [5, 5.41) is 1.33. The standard InChI is InChI=1S/C15H22NO2S.HI/c1-4-17-15(18-5-2)10-11-16-12(3)19-14-9-7-6-8-13(14)16;/h6-9,15H,4-5,10-11H2,1-3H3;1H/q+1;/p-1. The molecule has 0 atom stereocenters. The number of nitrogens with zero attached hydrogens (tertiary/aromatic N) is 1. The van der Waals surface area contributed by atoms with Crippen LogP contribution in [0, 0.1) is 6.92 Å². The number of halogens is 1. The van der Waals surface area contributed by atoms with Crippen LogP contribution in [-0.2, 0) is 16.0 Å². The maximum Gasteiger partial charge on any atom is 0.235 e. The van der Waals surface area contributed by atoms with Gasteiger partial charge in [0.15, 0.2) is 12.8 Å². The van der Waals surface area contributed by atoms with Gasteiger partial charge in [-0.05, 0) is 19.9 Å². The topological polar surface area (TPSA) is 22.3 Å². The van der Waals surface area contributed by atoms with E-state index < -0.39 is 0 Å². The molecule has 0 unspecified atom stereocenters. The highest BCUT2D eigenvalue weighted by atomic mass is 127. The van der Waals surface area contributed by atoms with Crippen LogP contribution in [0.1, 0.15) is 25.3 Å². The molecule has 0 fully saturated rings. The molecule has 3 nitrogen and oxygen atoms in total. The molecule has 2 rings (SSSR count). The van der Waals surface area contributed by atoms with Crippen molar-refractivity contribution in [2.24, 2.45) is 0 Å². The normalized spacial score (nSPS) is 11.0. The molecule has 5 heteroatoms. The molecule has 0 spiro atoms. The molecular weight excluding hydrogens is 385 g/mol. The summed E-state index contributed by atoms with van der Waals surface area (Å²) in [5.41, 5.74) is 1.30. The van der Waals surface area contributed by atoms with E-state index in [4.69, 9.17) is 9.47 Å². The molecule has 112 valence electrons. The first-order valence-corrected chi connectivity index (χ1v) is 7.69. The van der Waals surface area contributed by atoms with Crippen LogP contribution in [-0.4, -0.2) is 19.5 Å². The summed E-state index contributed by atoms with van der Waals surface area (Å²) in [6.45, 7) is 8.49. The van der Waals surface area contributed by atoms with E-state index in [1.165, 1.54) is 15.2 Å². The monoisotopic (exact) mass is 407 g/mol. The Balaban J connectivity index is 0.00000200. The summed E-state index contributed by atoms with van der Waals surface area (Å²) in [6, 6.07) is 8.53. The third-order valence-electron chi connectivity index (χ3n) is 3.09. The molecule has 0 saturated carbocycles. The van der Waals surface area contributed by atoms with Gasteiger partial charge in [0.2, 0.25) is 10.5 Å². The maximum atomic E-state index is 5.60. The van der Waals surface area contributed by atoms with Crippen molar-refractivity contribution in [1.82, 2.24) is 0 Å². The lowest BCUT2D eigenvalue weighted by Gasteiger charge is -2.15. The van der Waals surface area contributed by atoms with Gasteiger partial charge in [-0.1, -0.05) is 23.5 Å². The molecule has 0 bridgehead atoms. The predicted molar refractivity (Wildman–Crippen MR) is 78.4 cm³/mol. The van der Waals surface area contributed by atoms with Gasteiger partial charge in [-0.2, -0.15) is 4.57 Å². The molecule has 0 amide bonds. The summed E-state index contributed by atoms with van der Waals surface area (Å²) in [4.78, 5) is 0. The highest BCUT2D eigenvalue weighted by Gasteiger charge is 2.18. The molecule has 1 aromatic carbocycles. The van der Waals surface area contributed by atoms with Crippen LogP contribution in [0.3, 0.4) is 0 Å². The molecule has 1 aromatic heterocycles. The second-order valence-electron chi connectivity index (χ2n) is 4.37. The van der Waals surface area contributed by atoms with Crippen LogP contribution in [0.15, 0.2) is 24.3 Å². The minimum absolute atomic E-state index is 0. The molecule has 2 aromatic rings. The Morgan fingerprint density at radius 1 is 1.15 bits per heavy atom. The number of thiazole rings is 1. The van der Waals surface area contributed by atoms with Gasteiger partial charge in [0.05, 0.1) is 6.42 Å². The number of aromatic nitrogens is 1. The first kappa shape index (κ1) is 17.8. The number of hydrogen-bond acceptors (Lipinski definition) is 3. The van der Waals surface area contributed by atoms with Crippen LogP contribution < -0.4 is 28.5 Å². The number of aryl methyl sites for hydroxylation is 2. The van der Waals surface area contributed by atoms with Crippen LogP contribution >= 0.6 is 11.3 Å². The van der Waals surface area contributed by atoms with Crippen LogP contribution in [0.5, 0.6) is 0 Å². The van der Waals surface area contributed by atoms with E-state index in [9.17, 15) is 0 Å². The Morgan fingerprint density at radius 3 is 2.45 bits per heavy atom. The highest BCUT2D eigenvalue weighted by molar-refractivity contribution is 7.18. The van der Waals surface area contributed by atoms with Gasteiger partial charge in [-0.15, -0.1) is 0 Å². The van der Waals surface area contributed by atoms with Gasteiger partial charge in [0.1, 0.15) is 4.70 Å². The van der Waals surface area contributed by atoms with Crippen molar-refractivity contribution in [3.05, 3.63) is 29.3 Å². The second kappa shape index (κ2) is 8.92. The number of ether oxygens (including phenoxy) is 2. The first-order valence-electron chi connectivity index (χ1n) is 6.87. The fourth-order valence-corrected chi connectivity index (χ4v) is 3.30. The largest absolute Gasteiger partial charge is 1.00 e. The second-order valence-corrected chi connectivity index (χ2v) is 5.60. The molecule has 0 aliphatic carbocycles. The van der Waals surface area contributed by atoms with Crippen molar-refractivity contribution < 1.29 is 38.0 Å². The first-order chi connectivity index (χ1) is 9.26. The Kier molecular flexibility index (Phi) is 7.94. The van der Waals surface area contributed by atoms with Gasteiger partial charge in [0.25, 0.3) is 0 Å². The van der Waals surface area contributed by atoms with Crippen LogP contribution in [0.2, 0.25) is 0 Å². The number of benzene rings is 1. The fraction of sp³-hybridized carbons (Fsp3) is 0.533. The summed E-state index contributed by atoms with van der Waals surface area (Å²) < 4.78 is 14.9. The third kappa shape index (κ3) is 4.38. The SMILES string of the molecule is CCOC(CC[n+]1c(C)sc2ccccc21)OCC.[I-]. The lowest BCUT2D eigenvalue weighted by Crippen LogP contribution is -3.00. The van der Waals surface area contributed by atoms with Gasteiger partial charge in [-0.25, -0.2) is 0 Å². The van der Waals surface area contributed by atoms with Gasteiger partial charge < -0.3 is 33.5 Å². The molecule has 0 N–H and O–H groups in total. The van der Waals surface area contributed by atoms with E-state index in [1.807, 2.05) is 25.2 Å². The highest BCUT2D eigenvalue weighted by Crippen LogP contribution is 2.19. The van der Waals surface area contributed by atoms with Gasteiger partial charge in [-0.3, -0.25) is 0 Å². The van der Waals surface area contributed by atoms with Crippen molar-refractivity contribution in [2.45, 2.75) is 40.0 Å². The minimum atomic E-state index is -0.0967. The van der Waals surface area contributed by atoms with E-state index in [2.05, 4.69) is 35.8 Å². The Hall–Kier alpha value is -0.240. The Bertz CT molecular complexity index is 524. The van der Waals surface area contributed by atoms with E-state index in [1.54, 1.807) is 0 Å². The van der Waals surface area contributed by atoms with Gasteiger partial charge >= 0.3 is 0 Å². The molecular formula is C15H22INO2S. The minimum Gasteiger partial charge on any atom is -1.00 e. The maximum absolute atomic E-state index is 5.60. The lowest BCUT2D eigenvalue weighted by atomic mass is 10.3. The van der Waals surface area contributed by atoms with E-state index in [0.717, 1.165) is 13.0 Å². The molecule has 1 heterocycles. The van der Waals surface area contributed by atoms with E-state index >= 15 is 0 Å². The lowest BCUT2D eigenvalue weighted by molar-refractivity contribution is -0.675. The molecule has 0 saturated heterocycles. The zero-order valence-corrected chi connectivity index (χ0v) is 15.2. The number of para-hydroxylation sites is 1. The zero-order valence-electron chi connectivity index (χ0n) is 12.3. The average Bonchev–Trinajstić information content (AvgIpc) is 2.72. The summed E-state index contributed by atoms with van der Waals surface area (Å²) in [5.74, 6) is 0. The van der Waals surface area contributed by atoms with Crippen LogP contribution in [0.25, 0.3) is 10.2 Å². The molecule has 20 heavy (non-hydrogen) atoms. The summed E-state index contributed by atoms with van der Waals surface area (Å²) in [6.07, 6.45) is 0.786. The van der Waals surface area contributed by atoms with Crippen LogP contribution in [0.4, 0.5) is 0 Å². The van der Waals surface area contributed by atoms with Crippen molar-refractivity contribution in [2.75, 3.05) is 13.2 Å². The van der Waals surface area contributed by atoms with Crippen molar-refractivity contribution in [3.8, 4) is 0 Å². The number of rotatable bonds is 7. The number of fused-ring (bicyclic) bond motifs is 1. The molecule has 0 radical (unpaired) electrons.